The summed E-state index contributed by atoms with van der Waals surface area (Å²) >= 11 is 0. The van der Waals surface area contributed by atoms with Crippen LogP contribution in [0.3, 0.4) is 0 Å². The van der Waals surface area contributed by atoms with E-state index >= 15 is 0 Å². The lowest BCUT2D eigenvalue weighted by atomic mass is 9.70. The van der Waals surface area contributed by atoms with Gasteiger partial charge in [-0.25, -0.2) is 0 Å². The third-order valence-corrected chi connectivity index (χ3v) is 32.0. The number of rotatable bonds is 17. The summed E-state index contributed by atoms with van der Waals surface area (Å²) in [5, 5.41) is 0. The first-order valence-electron chi connectivity index (χ1n) is 46.1. The fraction of sp³-hybridized carbons (Fsp3) is 0.697. The Hall–Kier alpha value is -4.35. The second-order valence-electron chi connectivity index (χ2n) is 41.2. The van der Waals surface area contributed by atoms with E-state index in [9.17, 15) is 64.9 Å². The van der Waals surface area contributed by atoms with Crippen LogP contribution in [0.4, 0.5) is 0 Å². The van der Waals surface area contributed by atoms with E-state index < -0.39 is 50.6 Å². The van der Waals surface area contributed by atoms with Gasteiger partial charge in [0.1, 0.15) is 24.5 Å². The molecular weight excluding hydrogens is 1590 g/mol. The molecule has 670 valence electrons. The lowest BCUT2D eigenvalue weighted by Crippen LogP contribution is -2.26. The van der Waals surface area contributed by atoms with Crippen molar-refractivity contribution in [3.63, 3.8) is 0 Å². The average molecular weight is 1740 g/mol. The largest absolute Gasteiger partial charge is 0.295 e. The van der Waals surface area contributed by atoms with E-state index in [4.69, 9.17) is 0 Å². The molecule has 0 heterocycles. The molecule has 7 aliphatic carbocycles. The number of hydrogen-bond acceptors (Lipinski definition) is 10. The van der Waals surface area contributed by atoms with Gasteiger partial charge in [-0.2, -0.15) is 42.1 Å². The maximum absolute atomic E-state index is 13.4. The van der Waals surface area contributed by atoms with Crippen molar-refractivity contribution in [2.75, 3.05) is 0 Å². The lowest BCUT2D eigenvalue weighted by molar-refractivity contribution is 0.393. The molecule has 0 bridgehead atoms. The Bertz CT molecular complexity index is 4590. The van der Waals surface area contributed by atoms with Crippen molar-refractivity contribution in [1.82, 2.24) is 0 Å². The highest BCUT2D eigenvalue weighted by Crippen LogP contribution is 2.53. The Balaban J connectivity index is 0.000000190. The highest BCUT2D eigenvalue weighted by molar-refractivity contribution is 7.87. The fourth-order valence-electron chi connectivity index (χ4n) is 20.7. The predicted molar refractivity (Wildman–Crippen MR) is 489 cm³/mol. The molecule has 15 nitrogen and oxygen atoms in total. The molecule has 5 aromatic carbocycles. The Labute approximate surface area is 722 Å². The molecule has 0 radical (unpaired) electrons. The van der Waals surface area contributed by atoms with Gasteiger partial charge in [0, 0.05) is 0 Å². The average Bonchev–Trinajstić information content (AvgIpc) is 0.729. The number of hydrogen-bond donors (Lipinski definition) is 5. The summed E-state index contributed by atoms with van der Waals surface area (Å²) < 4.78 is 172. The summed E-state index contributed by atoms with van der Waals surface area (Å²) in [5.41, 5.74) is 13.5. The zero-order chi connectivity index (χ0) is 88.3. The molecule has 0 aliphatic heterocycles. The van der Waals surface area contributed by atoms with Crippen LogP contribution in [-0.2, 0) is 66.8 Å². The molecule has 119 heavy (non-hydrogen) atoms. The Morgan fingerprint density at radius 3 is 0.756 bits per heavy atom. The van der Waals surface area contributed by atoms with Gasteiger partial charge in [-0.15, -0.1) is 0 Å². The van der Waals surface area contributed by atoms with Gasteiger partial charge in [0.2, 0.25) is 0 Å². The topological polar surface area (TPSA) is 272 Å². The zero-order valence-electron chi connectivity index (χ0n) is 76.3. The van der Waals surface area contributed by atoms with Crippen LogP contribution in [0.2, 0.25) is 0 Å². The molecule has 5 aromatic rings. The molecule has 12 rings (SSSR count). The fourth-order valence-corrected chi connectivity index (χ4v) is 26.5. The van der Waals surface area contributed by atoms with Crippen molar-refractivity contribution in [2.45, 2.75) is 468 Å². The van der Waals surface area contributed by atoms with Crippen LogP contribution in [-0.4, -0.2) is 64.9 Å². The third-order valence-electron chi connectivity index (χ3n) is 27.1. The zero-order valence-corrected chi connectivity index (χ0v) is 80.4. The molecule has 0 saturated heterocycles. The van der Waals surface area contributed by atoms with Crippen molar-refractivity contribution < 1.29 is 64.9 Å². The molecule has 0 spiro atoms. The third kappa shape index (κ3) is 26.9. The van der Waals surface area contributed by atoms with E-state index in [1.807, 2.05) is 127 Å². The van der Waals surface area contributed by atoms with Crippen LogP contribution >= 0.6 is 0 Å². The molecular formula is C99H154O15S5. The second-order valence-corrected chi connectivity index (χ2v) is 48.0. The monoisotopic (exact) mass is 1740 g/mol. The first-order valence-corrected chi connectivity index (χ1v) is 53.3. The molecule has 20 heteroatoms. The molecule has 0 unspecified atom stereocenters. The van der Waals surface area contributed by atoms with Crippen LogP contribution in [0.15, 0.2) is 85.1 Å². The minimum Gasteiger partial charge on any atom is -0.282 e. The summed E-state index contributed by atoms with van der Waals surface area (Å²) in [6.07, 6.45) is 41.6. The molecule has 0 atom stereocenters. The van der Waals surface area contributed by atoms with Gasteiger partial charge in [-0.1, -0.05) is 327 Å². The molecule has 7 fully saturated rings. The normalized spacial score (nSPS) is 19.1. The summed E-state index contributed by atoms with van der Waals surface area (Å²) in [6, 6.07) is 19.9. The van der Waals surface area contributed by atoms with E-state index in [0.717, 1.165) is 84.7 Å². The predicted octanol–water partition coefficient (Wildman–Crippen LogP) is 28.5. The van der Waals surface area contributed by atoms with Gasteiger partial charge >= 0.3 is 0 Å². The van der Waals surface area contributed by atoms with E-state index in [-0.39, 0.29) is 66.4 Å². The van der Waals surface area contributed by atoms with E-state index in [0.29, 0.717) is 78.7 Å². The quantitative estimate of drug-likeness (QED) is 0.0542. The van der Waals surface area contributed by atoms with Crippen LogP contribution in [0, 0.1) is 0 Å². The van der Waals surface area contributed by atoms with Gasteiger partial charge in [0.15, 0.2) is 0 Å². The summed E-state index contributed by atoms with van der Waals surface area (Å²) in [6.45, 7) is 37.7. The standard InChI is InChI=1S/C30H46O3S.C24H36O3S.C18H30O3S.C15H24O3S.C12H18O3S/c31-34(32,33)30-28(24-17-9-3-10-18-24)26(22-13-5-1-6-14-22)21-27(23-15-7-2-8-16-23)29(30)25-19-11-4-12-20-25;25-28(26,27)24-22(19-12-6-2-7-13-19)16-21(18-10-4-1-5-11-18)17-23(24)20-14-8-3-9-15-20;1-16(2,3)12-10-13(17(4,5)6)15(22(19,20)21)14(11-12)18(7,8)9;1-9(2)12-7-13(10(3)4)15(19(16,17)18)14(8-12)11(5)6;1-8(2)10-6-5-7-11(9(3)4)12(10)16(13,14)15/h21-25H,1-20H2,(H,31,32,33);16-20H,1-15H2,(H,25,26,27);10-11H,1-9H3,(H,19,20,21);7-11H,1-6H3,(H,16,17,18);5-9H,1-4H3,(H,13,14,15). The second kappa shape index (κ2) is 42.3. The van der Waals surface area contributed by atoms with Crippen molar-refractivity contribution in [3.8, 4) is 0 Å². The van der Waals surface area contributed by atoms with Gasteiger partial charge in [0.05, 0.1) is 0 Å². The highest BCUT2D eigenvalue weighted by atomic mass is 32.2. The van der Waals surface area contributed by atoms with Gasteiger partial charge in [0.25, 0.3) is 50.6 Å². The van der Waals surface area contributed by atoms with Crippen molar-refractivity contribution >= 4 is 50.6 Å². The van der Waals surface area contributed by atoms with Gasteiger partial charge in [-0.3, -0.25) is 22.8 Å². The van der Waals surface area contributed by atoms with Crippen LogP contribution < -0.4 is 0 Å². The Morgan fingerprint density at radius 1 is 0.261 bits per heavy atom. The minimum atomic E-state index is -4.29. The molecule has 0 amide bonds. The highest BCUT2D eigenvalue weighted by Gasteiger charge is 2.41. The maximum atomic E-state index is 13.4. The Morgan fingerprint density at radius 2 is 0.513 bits per heavy atom. The van der Waals surface area contributed by atoms with E-state index in [1.54, 1.807) is 12.1 Å². The van der Waals surface area contributed by atoms with Crippen molar-refractivity contribution in [3.05, 3.63) is 144 Å². The van der Waals surface area contributed by atoms with Crippen LogP contribution in [0.5, 0.6) is 0 Å². The van der Waals surface area contributed by atoms with Crippen molar-refractivity contribution in [1.29, 1.82) is 0 Å². The molecule has 0 aromatic heterocycles. The van der Waals surface area contributed by atoms with Gasteiger partial charge in [-0.05, 0) is 261 Å². The first kappa shape index (κ1) is 100. The summed E-state index contributed by atoms with van der Waals surface area (Å²) in [5.74, 6) is 3.22. The summed E-state index contributed by atoms with van der Waals surface area (Å²) in [4.78, 5) is 0.961. The molecule has 5 N–H and O–H groups in total. The van der Waals surface area contributed by atoms with Crippen molar-refractivity contribution in [2.24, 2.45) is 0 Å². The SMILES string of the molecule is CC(C)(C)c1cc(C(C)(C)C)c(S(=O)(=O)O)c(C(C)(C)C)c1.CC(C)c1cc(C(C)C)c(S(=O)(=O)O)c(C(C)C)c1.CC(C)c1cccc(C(C)C)c1S(=O)(=O)O.O=S(=O)(O)c1c(C2CCCCC2)c(C2CCCCC2)cc(C2CCCCC2)c1C1CCCCC1.O=S(=O)(O)c1c(C2CCCCC2)cc(C2CCCCC2)cc1C1CCCCC1. The molecule has 7 saturated carbocycles. The lowest BCUT2D eigenvalue weighted by Gasteiger charge is -2.37. The van der Waals surface area contributed by atoms with E-state index in [2.05, 4.69) is 52.8 Å². The summed E-state index contributed by atoms with van der Waals surface area (Å²) in [7, 11) is -21.1. The van der Waals surface area contributed by atoms with E-state index in [1.165, 1.54) is 190 Å². The maximum Gasteiger partial charge on any atom is 0.295 e. The Kier molecular flexibility index (Phi) is 35.6. The smallest absolute Gasteiger partial charge is 0.282 e. The van der Waals surface area contributed by atoms with Gasteiger partial charge < -0.3 is 0 Å². The van der Waals surface area contributed by atoms with Crippen LogP contribution in [0.1, 0.15) is 511 Å². The number of benzene rings is 5. The van der Waals surface area contributed by atoms with Crippen LogP contribution in [0.25, 0.3) is 0 Å². The minimum absolute atomic E-state index is 0.0492. The first-order chi connectivity index (χ1) is 55.3. The molecule has 7 aliphatic rings.